The van der Waals surface area contributed by atoms with E-state index in [1.54, 1.807) is 42.7 Å². The van der Waals surface area contributed by atoms with E-state index >= 15 is 0 Å². The molecule has 0 saturated heterocycles. The van der Waals surface area contributed by atoms with E-state index < -0.39 is 0 Å². The number of amides is 1. The average molecular weight is 248 g/mol. The van der Waals surface area contributed by atoms with Gasteiger partial charge in [0.1, 0.15) is 0 Å². The molecule has 0 aliphatic rings. The van der Waals surface area contributed by atoms with E-state index in [1.807, 2.05) is 0 Å². The van der Waals surface area contributed by atoms with Crippen molar-refractivity contribution < 1.29 is 4.79 Å². The Balaban J connectivity index is 2.25. The van der Waals surface area contributed by atoms with Gasteiger partial charge in [0.15, 0.2) is 0 Å². The van der Waals surface area contributed by atoms with Crippen LogP contribution in [-0.4, -0.2) is 10.9 Å². The maximum absolute atomic E-state index is 11.9. The van der Waals surface area contributed by atoms with Crippen LogP contribution >= 0.6 is 11.6 Å². The largest absolute Gasteiger partial charge is 0.397 e. The molecule has 0 fully saturated rings. The van der Waals surface area contributed by atoms with Crippen LogP contribution in [0.15, 0.2) is 42.7 Å². The van der Waals surface area contributed by atoms with Gasteiger partial charge in [-0.1, -0.05) is 17.7 Å². The molecule has 0 saturated carbocycles. The quantitative estimate of drug-likeness (QED) is 0.802. The number of benzene rings is 1. The third-order valence-corrected chi connectivity index (χ3v) is 2.54. The minimum atomic E-state index is -0.271. The molecule has 17 heavy (non-hydrogen) atoms. The molecule has 1 aromatic heterocycles. The first-order valence-electron chi connectivity index (χ1n) is 4.94. The molecule has 86 valence electrons. The highest BCUT2D eigenvalue weighted by Crippen LogP contribution is 2.28. The molecule has 0 aliphatic carbocycles. The highest BCUT2D eigenvalue weighted by Gasteiger charge is 2.10. The van der Waals surface area contributed by atoms with Crippen molar-refractivity contribution in [3.63, 3.8) is 0 Å². The fourth-order valence-electron chi connectivity index (χ4n) is 1.36. The maximum atomic E-state index is 11.9. The molecule has 1 aromatic carbocycles. The Bertz CT molecular complexity index is 522. The van der Waals surface area contributed by atoms with Crippen LogP contribution in [0.25, 0.3) is 0 Å². The molecule has 0 unspecified atom stereocenters. The summed E-state index contributed by atoms with van der Waals surface area (Å²) in [7, 11) is 0. The smallest absolute Gasteiger partial charge is 0.255 e. The number of halogens is 1. The Morgan fingerprint density at radius 3 is 2.59 bits per heavy atom. The van der Waals surface area contributed by atoms with E-state index in [4.69, 9.17) is 17.3 Å². The fourth-order valence-corrected chi connectivity index (χ4v) is 1.59. The SMILES string of the molecule is Nc1cccc(Cl)c1NC(=O)c1ccncc1. The van der Waals surface area contributed by atoms with Gasteiger partial charge in [0.05, 0.1) is 16.4 Å². The maximum Gasteiger partial charge on any atom is 0.255 e. The molecule has 0 atom stereocenters. The van der Waals surface area contributed by atoms with Gasteiger partial charge in [-0.3, -0.25) is 9.78 Å². The third-order valence-electron chi connectivity index (χ3n) is 2.23. The summed E-state index contributed by atoms with van der Waals surface area (Å²) in [6.45, 7) is 0. The van der Waals surface area contributed by atoms with E-state index in [0.717, 1.165) is 0 Å². The molecule has 0 radical (unpaired) electrons. The standard InChI is InChI=1S/C12H10ClN3O/c13-9-2-1-3-10(14)11(9)16-12(17)8-4-6-15-7-5-8/h1-7H,14H2,(H,16,17). The zero-order valence-electron chi connectivity index (χ0n) is 8.85. The van der Waals surface area contributed by atoms with E-state index in [2.05, 4.69) is 10.3 Å². The Morgan fingerprint density at radius 2 is 1.94 bits per heavy atom. The summed E-state index contributed by atoms with van der Waals surface area (Å²) in [6.07, 6.45) is 3.09. The van der Waals surface area contributed by atoms with Gasteiger partial charge in [-0.15, -0.1) is 0 Å². The van der Waals surface area contributed by atoms with Gasteiger partial charge >= 0.3 is 0 Å². The van der Waals surface area contributed by atoms with Crippen LogP contribution in [0.1, 0.15) is 10.4 Å². The minimum Gasteiger partial charge on any atom is -0.397 e. The van der Waals surface area contributed by atoms with E-state index in [0.29, 0.717) is 22.0 Å². The van der Waals surface area contributed by atoms with Crippen molar-refractivity contribution in [3.05, 3.63) is 53.3 Å². The number of nitrogens with two attached hydrogens (primary N) is 1. The summed E-state index contributed by atoms with van der Waals surface area (Å²) >= 11 is 5.95. The topological polar surface area (TPSA) is 68.0 Å². The van der Waals surface area contributed by atoms with E-state index in [9.17, 15) is 4.79 Å². The molecule has 2 aromatic rings. The van der Waals surface area contributed by atoms with Crippen molar-refractivity contribution in [1.82, 2.24) is 4.98 Å². The van der Waals surface area contributed by atoms with Crippen LogP contribution in [0, 0.1) is 0 Å². The monoisotopic (exact) mass is 247 g/mol. The van der Waals surface area contributed by atoms with Crippen LogP contribution in [0.4, 0.5) is 11.4 Å². The van der Waals surface area contributed by atoms with Gasteiger partial charge in [-0.25, -0.2) is 0 Å². The third kappa shape index (κ3) is 2.54. The summed E-state index contributed by atoms with van der Waals surface area (Å²) in [4.78, 5) is 15.7. The molecular weight excluding hydrogens is 238 g/mol. The normalized spacial score (nSPS) is 9.94. The zero-order valence-corrected chi connectivity index (χ0v) is 9.61. The molecule has 2 rings (SSSR count). The van der Waals surface area contributed by atoms with E-state index in [1.165, 1.54) is 0 Å². The molecular formula is C12H10ClN3O. The summed E-state index contributed by atoms with van der Waals surface area (Å²) in [5.74, 6) is -0.271. The van der Waals surface area contributed by atoms with Crippen molar-refractivity contribution >= 4 is 28.9 Å². The fraction of sp³-hybridized carbons (Fsp3) is 0. The van der Waals surface area contributed by atoms with Crippen molar-refractivity contribution in [2.45, 2.75) is 0 Å². The number of hydrogen-bond acceptors (Lipinski definition) is 3. The number of anilines is 2. The second-order valence-electron chi connectivity index (χ2n) is 3.39. The molecule has 4 nitrogen and oxygen atoms in total. The number of para-hydroxylation sites is 1. The number of rotatable bonds is 2. The number of nitrogen functional groups attached to an aromatic ring is 1. The lowest BCUT2D eigenvalue weighted by atomic mass is 10.2. The molecule has 3 N–H and O–H groups in total. The molecule has 1 heterocycles. The van der Waals surface area contributed by atoms with Crippen molar-refractivity contribution in [2.24, 2.45) is 0 Å². The van der Waals surface area contributed by atoms with Crippen LogP contribution in [0.5, 0.6) is 0 Å². The number of nitrogens with one attached hydrogen (secondary N) is 1. The van der Waals surface area contributed by atoms with Gasteiger partial charge in [-0.05, 0) is 24.3 Å². The lowest BCUT2D eigenvalue weighted by Gasteiger charge is -2.09. The van der Waals surface area contributed by atoms with Crippen molar-refractivity contribution in [2.75, 3.05) is 11.1 Å². The van der Waals surface area contributed by atoms with Crippen LogP contribution in [0.3, 0.4) is 0 Å². The highest BCUT2D eigenvalue weighted by atomic mass is 35.5. The average Bonchev–Trinajstić information content (AvgIpc) is 2.35. The Kier molecular flexibility index (Phi) is 3.25. The summed E-state index contributed by atoms with van der Waals surface area (Å²) in [6, 6.07) is 8.29. The minimum absolute atomic E-state index is 0.271. The lowest BCUT2D eigenvalue weighted by Crippen LogP contribution is -2.13. The number of carbonyl (C=O) groups excluding carboxylic acids is 1. The van der Waals surface area contributed by atoms with Crippen LogP contribution in [-0.2, 0) is 0 Å². The number of hydrogen-bond donors (Lipinski definition) is 2. The van der Waals surface area contributed by atoms with Crippen LogP contribution in [0.2, 0.25) is 5.02 Å². The van der Waals surface area contributed by atoms with Gasteiger partial charge in [0.25, 0.3) is 5.91 Å². The van der Waals surface area contributed by atoms with E-state index in [-0.39, 0.29) is 5.91 Å². The number of carbonyl (C=O) groups is 1. The van der Waals surface area contributed by atoms with Crippen LogP contribution < -0.4 is 11.1 Å². The first-order valence-corrected chi connectivity index (χ1v) is 5.31. The zero-order chi connectivity index (χ0) is 12.3. The summed E-state index contributed by atoms with van der Waals surface area (Å²) in [5, 5.41) is 3.08. The lowest BCUT2D eigenvalue weighted by molar-refractivity contribution is 0.102. The summed E-state index contributed by atoms with van der Waals surface area (Å²) < 4.78 is 0. The molecule has 0 spiro atoms. The Labute approximate surface area is 103 Å². The van der Waals surface area contributed by atoms with Gasteiger partial charge in [-0.2, -0.15) is 0 Å². The summed E-state index contributed by atoms with van der Waals surface area (Å²) in [5.41, 5.74) is 7.09. The predicted octanol–water partition coefficient (Wildman–Crippen LogP) is 2.57. The Hall–Kier alpha value is -2.07. The Morgan fingerprint density at radius 1 is 1.24 bits per heavy atom. The van der Waals surface area contributed by atoms with Gasteiger partial charge in [0, 0.05) is 18.0 Å². The molecule has 0 aliphatic heterocycles. The first-order chi connectivity index (χ1) is 8.18. The van der Waals surface area contributed by atoms with Crippen molar-refractivity contribution in [1.29, 1.82) is 0 Å². The molecule has 0 bridgehead atoms. The second kappa shape index (κ2) is 4.84. The van der Waals surface area contributed by atoms with Crippen molar-refractivity contribution in [3.8, 4) is 0 Å². The number of pyridine rings is 1. The number of nitrogens with zero attached hydrogens (tertiary/aromatic N) is 1. The molecule has 5 heteroatoms. The predicted molar refractivity (Wildman–Crippen MR) is 68.1 cm³/mol. The first kappa shape index (κ1) is 11.4. The molecule has 1 amide bonds. The highest BCUT2D eigenvalue weighted by molar-refractivity contribution is 6.34. The van der Waals surface area contributed by atoms with Gasteiger partial charge < -0.3 is 11.1 Å². The second-order valence-corrected chi connectivity index (χ2v) is 3.80. The number of aromatic nitrogens is 1. The van der Waals surface area contributed by atoms with Gasteiger partial charge in [0.2, 0.25) is 0 Å².